The van der Waals surface area contributed by atoms with E-state index in [1.807, 2.05) is 17.5 Å². The molecule has 0 aromatic carbocycles. The molecule has 1 N–H and O–H groups in total. The molecule has 8 heavy (non-hydrogen) atoms. The van der Waals surface area contributed by atoms with Gasteiger partial charge in [-0.1, -0.05) is 0 Å². The summed E-state index contributed by atoms with van der Waals surface area (Å²) in [7, 11) is 0. The van der Waals surface area contributed by atoms with E-state index < -0.39 is 0 Å². The first kappa shape index (κ1) is 5.31. The first-order valence-corrected chi connectivity index (χ1v) is 2.98. The monoisotopic (exact) mass is 126 g/mol. The lowest BCUT2D eigenvalue weighted by molar-refractivity contribution is 0.561. The van der Waals surface area contributed by atoms with Crippen molar-refractivity contribution >= 4 is 22.7 Å². The molecule has 41 valence electrons. The van der Waals surface area contributed by atoms with E-state index in [0.717, 1.165) is 5.00 Å². The molecule has 3 heteroatoms. The standard InChI is InChI=1S/C5H4NOS/c7-4-6-5-2-1-3-8-5/h1-3H,(H,6,7). The number of hydrogen-bond donors (Lipinski definition) is 1. The molecule has 0 bridgehead atoms. The van der Waals surface area contributed by atoms with E-state index in [4.69, 9.17) is 0 Å². The van der Waals surface area contributed by atoms with Gasteiger partial charge in [0.2, 0.25) is 0 Å². The van der Waals surface area contributed by atoms with Gasteiger partial charge in [-0.3, -0.25) is 4.79 Å². The number of carbonyl (C=O) groups excluding carboxylic acids is 1. The summed E-state index contributed by atoms with van der Waals surface area (Å²) in [6.07, 6.45) is 1.58. The average molecular weight is 126 g/mol. The van der Waals surface area contributed by atoms with Gasteiger partial charge in [0.25, 0.3) is 0 Å². The van der Waals surface area contributed by atoms with Crippen LogP contribution in [0.1, 0.15) is 0 Å². The molecule has 0 spiro atoms. The molecule has 0 fully saturated rings. The highest BCUT2D eigenvalue weighted by atomic mass is 32.1. The minimum atomic E-state index is 0.833. The second kappa shape index (κ2) is 2.47. The molecule has 2 nitrogen and oxygen atoms in total. The van der Waals surface area contributed by atoms with Gasteiger partial charge in [0.05, 0.1) is 5.00 Å². The highest BCUT2D eigenvalue weighted by molar-refractivity contribution is 7.14. The zero-order valence-electron chi connectivity index (χ0n) is 4.05. The number of rotatable bonds is 2. The van der Waals surface area contributed by atoms with Crippen molar-refractivity contribution in [2.75, 3.05) is 5.32 Å². The van der Waals surface area contributed by atoms with Crippen LogP contribution in [-0.4, -0.2) is 6.41 Å². The maximum Gasteiger partial charge on any atom is 0.314 e. The van der Waals surface area contributed by atoms with Gasteiger partial charge in [0.15, 0.2) is 0 Å². The van der Waals surface area contributed by atoms with Gasteiger partial charge in [0, 0.05) is 0 Å². The van der Waals surface area contributed by atoms with Gasteiger partial charge in [0.1, 0.15) is 0 Å². The zero-order chi connectivity index (χ0) is 5.82. The molecule has 0 aliphatic carbocycles. The Labute approximate surface area is 51.1 Å². The Morgan fingerprint density at radius 2 is 2.62 bits per heavy atom. The van der Waals surface area contributed by atoms with Gasteiger partial charge < -0.3 is 5.32 Å². The van der Waals surface area contributed by atoms with Crippen molar-refractivity contribution in [1.29, 1.82) is 0 Å². The van der Waals surface area contributed by atoms with Crippen LogP contribution >= 0.6 is 11.3 Å². The van der Waals surface area contributed by atoms with Crippen LogP contribution in [0.3, 0.4) is 0 Å². The maximum absolute atomic E-state index is 9.64. The molecule has 0 atom stereocenters. The zero-order valence-corrected chi connectivity index (χ0v) is 4.87. The van der Waals surface area contributed by atoms with Crippen LogP contribution in [-0.2, 0) is 4.79 Å². The van der Waals surface area contributed by atoms with Crippen molar-refractivity contribution in [3.8, 4) is 0 Å². The lowest BCUT2D eigenvalue weighted by Gasteiger charge is -1.83. The Morgan fingerprint density at radius 1 is 1.75 bits per heavy atom. The van der Waals surface area contributed by atoms with E-state index in [9.17, 15) is 4.79 Å². The predicted molar refractivity (Wildman–Crippen MR) is 33.6 cm³/mol. The number of hydrogen-bond acceptors (Lipinski definition) is 2. The van der Waals surface area contributed by atoms with Crippen LogP contribution in [0.25, 0.3) is 0 Å². The Kier molecular flexibility index (Phi) is 1.64. The molecular weight excluding hydrogens is 122 g/mol. The summed E-state index contributed by atoms with van der Waals surface area (Å²) >= 11 is 1.47. The number of amides is 1. The molecule has 1 aromatic rings. The summed E-state index contributed by atoms with van der Waals surface area (Å²) in [5.74, 6) is 0. The highest BCUT2D eigenvalue weighted by Crippen LogP contribution is 2.12. The first-order chi connectivity index (χ1) is 3.93. The Hall–Kier alpha value is -0.830. The SMILES string of the molecule is O=[C]Nc1cccs1. The van der Waals surface area contributed by atoms with Crippen LogP contribution in [0.4, 0.5) is 5.00 Å². The molecule has 1 amide bonds. The summed E-state index contributed by atoms with van der Waals surface area (Å²) < 4.78 is 0. The number of anilines is 1. The van der Waals surface area contributed by atoms with Gasteiger partial charge in [-0.25, -0.2) is 0 Å². The van der Waals surface area contributed by atoms with Crippen LogP contribution in [0, 0.1) is 0 Å². The van der Waals surface area contributed by atoms with Crippen molar-refractivity contribution < 1.29 is 4.79 Å². The third-order valence-electron chi connectivity index (χ3n) is 0.695. The minimum absolute atomic E-state index is 0.833. The first-order valence-electron chi connectivity index (χ1n) is 2.10. The fourth-order valence-electron chi connectivity index (χ4n) is 0.400. The van der Waals surface area contributed by atoms with Crippen molar-refractivity contribution in [3.05, 3.63) is 17.5 Å². The lowest BCUT2D eigenvalue weighted by Crippen LogP contribution is -1.88. The molecular formula is C5H4NOS. The third kappa shape index (κ3) is 1.07. The molecule has 1 radical (unpaired) electrons. The van der Waals surface area contributed by atoms with Crippen molar-refractivity contribution in [2.24, 2.45) is 0 Å². The fourth-order valence-corrected chi connectivity index (χ4v) is 0.961. The molecule has 1 heterocycles. The van der Waals surface area contributed by atoms with E-state index >= 15 is 0 Å². The molecule has 0 aliphatic heterocycles. The highest BCUT2D eigenvalue weighted by Gasteiger charge is 1.85. The van der Waals surface area contributed by atoms with E-state index in [1.54, 1.807) is 6.41 Å². The molecule has 0 saturated carbocycles. The Morgan fingerprint density at radius 3 is 3.12 bits per heavy atom. The largest absolute Gasteiger partial charge is 0.314 e. The van der Waals surface area contributed by atoms with Gasteiger partial charge in [-0.2, -0.15) is 0 Å². The molecule has 1 rings (SSSR count). The predicted octanol–water partition coefficient (Wildman–Crippen LogP) is 1.23. The van der Waals surface area contributed by atoms with E-state index in [0.29, 0.717) is 0 Å². The minimum Gasteiger partial charge on any atom is -0.309 e. The Bertz CT molecular complexity index is 159. The lowest BCUT2D eigenvalue weighted by atomic mass is 10.6. The maximum atomic E-state index is 9.64. The molecule has 0 unspecified atom stereocenters. The van der Waals surface area contributed by atoms with Crippen LogP contribution in [0.15, 0.2) is 17.5 Å². The summed E-state index contributed by atoms with van der Waals surface area (Å²) in [5.41, 5.74) is 0. The Balaban J connectivity index is 2.62. The number of nitrogens with one attached hydrogen (secondary N) is 1. The van der Waals surface area contributed by atoms with Crippen LogP contribution in [0.2, 0.25) is 0 Å². The summed E-state index contributed by atoms with van der Waals surface area (Å²) in [4.78, 5) is 9.64. The van der Waals surface area contributed by atoms with Crippen molar-refractivity contribution in [3.63, 3.8) is 0 Å². The second-order valence-electron chi connectivity index (χ2n) is 1.20. The van der Waals surface area contributed by atoms with Crippen LogP contribution in [0.5, 0.6) is 0 Å². The summed E-state index contributed by atoms with van der Waals surface area (Å²) in [5, 5.41) is 5.12. The van der Waals surface area contributed by atoms with E-state index in [1.165, 1.54) is 11.3 Å². The average Bonchev–Trinajstić information content (AvgIpc) is 2.19. The van der Waals surface area contributed by atoms with Gasteiger partial charge >= 0.3 is 6.41 Å². The van der Waals surface area contributed by atoms with Gasteiger partial charge in [-0.15, -0.1) is 11.3 Å². The molecule has 1 aromatic heterocycles. The van der Waals surface area contributed by atoms with Crippen molar-refractivity contribution in [1.82, 2.24) is 0 Å². The van der Waals surface area contributed by atoms with Crippen LogP contribution < -0.4 is 5.32 Å². The summed E-state index contributed by atoms with van der Waals surface area (Å²) in [6.45, 7) is 0. The summed E-state index contributed by atoms with van der Waals surface area (Å²) in [6, 6.07) is 3.68. The second-order valence-corrected chi connectivity index (χ2v) is 2.15. The normalized spacial score (nSPS) is 8.50. The van der Waals surface area contributed by atoms with Crippen molar-refractivity contribution in [2.45, 2.75) is 0 Å². The quantitative estimate of drug-likeness (QED) is 0.593. The topological polar surface area (TPSA) is 29.1 Å². The van der Waals surface area contributed by atoms with Gasteiger partial charge in [-0.05, 0) is 17.5 Å². The smallest absolute Gasteiger partial charge is 0.309 e. The van der Waals surface area contributed by atoms with E-state index in [2.05, 4.69) is 5.32 Å². The molecule has 0 aliphatic rings. The third-order valence-corrected chi connectivity index (χ3v) is 1.48. The van der Waals surface area contributed by atoms with E-state index in [-0.39, 0.29) is 0 Å². The fraction of sp³-hybridized carbons (Fsp3) is 0. The number of thiophene rings is 1. The molecule has 0 saturated heterocycles.